The van der Waals surface area contributed by atoms with Crippen molar-refractivity contribution in [2.24, 2.45) is 10.7 Å². The predicted molar refractivity (Wildman–Crippen MR) is 123 cm³/mol. The molecule has 1 aliphatic rings. The molecular formula is C24H26FN5O. The normalized spacial score (nSPS) is 16.3. The molecule has 0 radical (unpaired) electrons. The highest BCUT2D eigenvalue weighted by molar-refractivity contribution is 5.94. The van der Waals surface area contributed by atoms with E-state index in [4.69, 9.17) is 10.5 Å². The molecule has 2 N–H and O–H groups in total. The minimum Gasteiger partial charge on any atom is -0.378 e. The van der Waals surface area contributed by atoms with Gasteiger partial charge in [-0.3, -0.25) is 4.99 Å². The molecule has 0 amide bonds. The molecule has 4 rings (SSSR count). The van der Waals surface area contributed by atoms with Crippen LogP contribution in [0.3, 0.4) is 0 Å². The minimum atomic E-state index is -0.408. The molecule has 1 saturated heterocycles. The van der Waals surface area contributed by atoms with Crippen molar-refractivity contribution >= 4 is 22.8 Å². The topological polar surface area (TPSA) is 76.6 Å². The van der Waals surface area contributed by atoms with Crippen molar-refractivity contribution in [3.8, 4) is 11.3 Å². The maximum atomic E-state index is 14.9. The molecule has 0 bridgehead atoms. The number of aliphatic imine (C=N–C) groups is 1. The van der Waals surface area contributed by atoms with Crippen LogP contribution in [0.4, 0.5) is 10.1 Å². The van der Waals surface area contributed by atoms with E-state index >= 15 is 0 Å². The Balaban J connectivity index is 1.76. The Morgan fingerprint density at radius 2 is 2.00 bits per heavy atom. The largest absolute Gasteiger partial charge is 0.378 e. The van der Waals surface area contributed by atoms with E-state index < -0.39 is 6.04 Å². The summed E-state index contributed by atoms with van der Waals surface area (Å²) in [7, 11) is 1.70. The first-order chi connectivity index (χ1) is 15.1. The zero-order valence-electron chi connectivity index (χ0n) is 17.8. The summed E-state index contributed by atoms with van der Waals surface area (Å²) in [5.41, 5.74) is 10.9. The zero-order valence-corrected chi connectivity index (χ0v) is 17.8. The van der Waals surface area contributed by atoms with Gasteiger partial charge in [-0.1, -0.05) is 12.1 Å². The third-order valence-corrected chi connectivity index (χ3v) is 5.57. The molecule has 6 nitrogen and oxygen atoms in total. The van der Waals surface area contributed by atoms with Gasteiger partial charge in [0.25, 0.3) is 0 Å². The summed E-state index contributed by atoms with van der Waals surface area (Å²) in [6.07, 6.45) is 5.11. The van der Waals surface area contributed by atoms with E-state index in [2.05, 4.69) is 19.9 Å². The average Bonchev–Trinajstić information content (AvgIpc) is 2.82. The highest BCUT2D eigenvalue weighted by Gasteiger charge is 2.17. The van der Waals surface area contributed by atoms with Crippen molar-refractivity contribution in [2.75, 3.05) is 38.3 Å². The number of nitrogens with zero attached hydrogens (tertiary/aromatic N) is 4. The van der Waals surface area contributed by atoms with E-state index in [0.717, 1.165) is 40.8 Å². The number of fused-ring (bicyclic) bond motifs is 1. The van der Waals surface area contributed by atoms with Crippen LogP contribution >= 0.6 is 0 Å². The summed E-state index contributed by atoms with van der Waals surface area (Å²) >= 11 is 0. The van der Waals surface area contributed by atoms with E-state index in [-0.39, 0.29) is 5.82 Å². The van der Waals surface area contributed by atoms with Gasteiger partial charge in [-0.15, -0.1) is 0 Å². The molecular weight excluding hydrogens is 393 g/mol. The van der Waals surface area contributed by atoms with Gasteiger partial charge in [0, 0.05) is 43.0 Å². The molecule has 0 saturated carbocycles. The van der Waals surface area contributed by atoms with Gasteiger partial charge in [0.1, 0.15) is 12.1 Å². The maximum absolute atomic E-state index is 14.9. The Hall–Kier alpha value is -3.16. The molecule has 3 aromatic rings. The summed E-state index contributed by atoms with van der Waals surface area (Å²) in [5, 5.41) is 0.797. The number of hydrogen-bond acceptors (Lipinski definition) is 6. The van der Waals surface area contributed by atoms with E-state index in [1.807, 2.05) is 31.2 Å². The summed E-state index contributed by atoms with van der Waals surface area (Å²) in [6.45, 7) is 5.01. The van der Waals surface area contributed by atoms with E-state index in [0.29, 0.717) is 24.5 Å². The minimum absolute atomic E-state index is 0.348. The van der Waals surface area contributed by atoms with Crippen LogP contribution in [-0.4, -0.2) is 49.5 Å². The first kappa shape index (κ1) is 21.1. The van der Waals surface area contributed by atoms with Gasteiger partial charge in [-0.2, -0.15) is 0 Å². The lowest BCUT2D eigenvalue weighted by molar-refractivity contribution is 0.122. The number of allylic oxidation sites excluding steroid dienone is 1. The van der Waals surface area contributed by atoms with Crippen LogP contribution in [-0.2, 0) is 4.74 Å². The Kier molecular flexibility index (Phi) is 6.34. The molecule has 1 unspecified atom stereocenters. The number of nitrogens with two attached hydrogens (primary N) is 1. The lowest BCUT2D eigenvalue weighted by Gasteiger charge is -2.29. The summed E-state index contributed by atoms with van der Waals surface area (Å²) in [4.78, 5) is 15.2. The second-order valence-electron chi connectivity index (χ2n) is 7.42. The van der Waals surface area contributed by atoms with Gasteiger partial charge in [0.15, 0.2) is 0 Å². The zero-order chi connectivity index (χ0) is 21.8. The van der Waals surface area contributed by atoms with Crippen LogP contribution in [0.5, 0.6) is 0 Å². The van der Waals surface area contributed by atoms with Crippen LogP contribution in [0.15, 0.2) is 59.4 Å². The van der Waals surface area contributed by atoms with Crippen molar-refractivity contribution in [3.63, 3.8) is 0 Å². The SMILES string of the molecule is C/C=C(\C=N/C)C(N)c1ccc(F)c(-c2ncnc3cc(N4CCOCC4)ccc23)c1. The third-order valence-electron chi connectivity index (χ3n) is 5.57. The fourth-order valence-electron chi connectivity index (χ4n) is 3.87. The van der Waals surface area contributed by atoms with Crippen molar-refractivity contribution in [3.05, 3.63) is 65.8 Å². The standard InChI is InChI=1S/C24H26FN5O/c1-3-16(14-27-2)23(26)17-4-7-21(25)20(12-17)24-19-6-5-18(13-22(19)28-15-29-24)30-8-10-31-11-9-30/h3-7,12-15,23H,8-11,26H2,1-2H3/b16-3+,27-14-. The van der Waals surface area contributed by atoms with E-state index in [1.165, 1.54) is 12.4 Å². The number of hydrogen-bond donors (Lipinski definition) is 1. The van der Waals surface area contributed by atoms with Gasteiger partial charge in [-0.05, 0) is 48.4 Å². The van der Waals surface area contributed by atoms with Crippen molar-refractivity contribution in [1.29, 1.82) is 0 Å². The van der Waals surface area contributed by atoms with E-state index in [9.17, 15) is 4.39 Å². The summed E-state index contributed by atoms with van der Waals surface area (Å²) in [5.74, 6) is -0.348. The fraction of sp³-hybridized carbons (Fsp3) is 0.292. The molecule has 1 aliphatic heterocycles. The highest BCUT2D eigenvalue weighted by Crippen LogP contribution is 2.32. The average molecular weight is 420 g/mol. The van der Waals surface area contributed by atoms with Gasteiger partial charge < -0.3 is 15.4 Å². The molecule has 0 aliphatic carbocycles. The fourth-order valence-corrected chi connectivity index (χ4v) is 3.87. The van der Waals surface area contributed by atoms with Gasteiger partial charge in [0.05, 0.1) is 30.5 Å². The number of aromatic nitrogens is 2. The van der Waals surface area contributed by atoms with Crippen LogP contribution in [0.25, 0.3) is 22.2 Å². The number of anilines is 1. The first-order valence-electron chi connectivity index (χ1n) is 10.3. The monoisotopic (exact) mass is 419 g/mol. The second kappa shape index (κ2) is 9.32. The smallest absolute Gasteiger partial charge is 0.132 e. The van der Waals surface area contributed by atoms with Crippen molar-refractivity contribution in [1.82, 2.24) is 9.97 Å². The predicted octanol–water partition coefficient (Wildman–Crippen LogP) is 3.92. The second-order valence-corrected chi connectivity index (χ2v) is 7.42. The van der Waals surface area contributed by atoms with Gasteiger partial charge in [0.2, 0.25) is 0 Å². The Bertz CT molecular complexity index is 1140. The maximum Gasteiger partial charge on any atom is 0.132 e. The van der Waals surface area contributed by atoms with Gasteiger partial charge in [-0.25, -0.2) is 14.4 Å². The molecule has 160 valence electrons. The Morgan fingerprint density at radius 1 is 1.19 bits per heavy atom. The van der Waals surface area contributed by atoms with Crippen molar-refractivity contribution < 1.29 is 9.13 Å². The summed E-state index contributed by atoms with van der Waals surface area (Å²) < 4.78 is 20.3. The molecule has 2 heterocycles. The van der Waals surface area contributed by atoms with Crippen molar-refractivity contribution in [2.45, 2.75) is 13.0 Å². The highest BCUT2D eigenvalue weighted by atomic mass is 19.1. The van der Waals surface area contributed by atoms with E-state index in [1.54, 1.807) is 25.4 Å². The molecule has 31 heavy (non-hydrogen) atoms. The molecule has 2 aromatic carbocycles. The Labute approximate surface area is 181 Å². The number of morpholine rings is 1. The number of rotatable bonds is 5. The Morgan fingerprint density at radius 3 is 2.74 bits per heavy atom. The number of halogens is 1. The van der Waals surface area contributed by atoms with Crippen LogP contribution in [0, 0.1) is 5.82 Å². The first-order valence-corrected chi connectivity index (χ1v) is 10.3. The van der Waals surface area contributed by atoms with Gasteiger partial charge >= 0.3 is 0 Å². The molecule has 1 aromatic heterocycles. The lowest BCUT2D eigenvalue weighted by Crippen LogP contribution is -2.36. The lowest BCUT2D eigenvalue weighted by atomic mass is 9.96. The molecule has 0 spiro atoms. The molecule has 1 fully saturated rings. The molecule has 7 heteroatoms. The quantitative estimate of drug-likeness (QED) is 0.635. The molecule has 1 atom stereocenters. The number of ether oxygens (including phenoxy) is 1. The van der Waals surface area contributed by atoms with Crippen LogP contribution in [0.2, 0.25) is 0 Å². The number of benzene rings is 2. The third kappa shape index (κ3) is 4.33. The van der Waals surface area contributed by atoms with Crippen LogP contribution < -0.4 is 10.6 Å². The summed E-state index contributed by atoms with van der Waals surface area (Å²) in [6, 6.07) is 10.5. The van der Waals surface area contributed by atoms with Crippen LogP contribution in [0.1, 0.15) is 18.5 Å².